The molecule has 2 aromatic rings. The van der Waals surface area contributed by atoms with Gasteiger partial charge in [0.25, 0.3) is 0 Å². The van der Waals surface area contributed by atoms with Crippen molar-refractivity contribution in [1.82, 2.24) is 25.4 Å². The standard InChI is InChI=1S/C18H26N6.HI/c1-14-8-5-6-9-15(14)12-20-18(19-2)21-13-17-23-22-16-10-4-3-7-11-24(16)17;/h5-6,8-9H,3-4,7,10-13H2,1-2H3,(H2,19,20,21);1H. The average Bonchev–Trinajstić information content (AvgIpc) is 2.83. The summed E-state index contributed by atoms with van der Waals surface area (Å²) in [4.78, 5) is 4.30. The molecular formula is C18H27IN6. The highest BCUT2D eigenvalue weighted by Gasteiger charge is 2.14. The van der Waals surface area contributed by atoms with E-state index in [-0.39, 0.29) is 24.0 Å². The molecule has 2 heterocycles. The fourth-order valence-electron chi connectivity index (χ4n) is 3.05. The summed E-state index contributed by atoms with van der Waals surface area (Å²) in [5.74, 6) is 2.89. The largest absolute Gasteiger partial charge is 0.352 e. The maximum atomic E-state index is 4.35. The second-order valence-electron chi connectivity index (χ2n) is 6.20. The molecule has 25 heavy (non-hydrogen) atoms. The van der Waals surface area contributed by atoms with Crippen molar-refractivity contribution in [3.8, 4) is 0 Å². The normalized spacial score (nSPS) is 14.2. The van der Waals surface area contributed by atoms with Crippen molar-refractivity contribution in [2.75, 3.05) is 7.05 Å². The van der Waals surface area contributed by atoms with Crippen molar-refractivity contribution in [2.24, 2.45) is 4.99 Å². The number of aromatic nitrogens is 3. The Morgan fingerprint density at radius 1 is 1.12 bits per heavy atom. The molecule has 1 aliphatic heterocycles. The van der Waals surface area contributed by atoms with Gasteiger partial charge < -0.3 is 15.2 Å². The van der Waals surface area contributed by atoms with E-state index < -0.39 is 0 Å². The van der Waals surface area contributed by atoms with Gasteiger partial charge in [-0.25, -0.2) is 0 Å². The van der Waals surface area contributed by atoms with E-state index in [0.717, 1.165) is 37.1 Å². The minimum absolute atomic E-state index is 0. The Morgan fingerprint density at radius 3 is 2.72 bits per heavy atom. The molecule has 136 valence electrons. The van der Waals surface area contributed by atoms with Gasteiger partial charge in [-0.3, -0.25) is 4.99 Å². The van der Waals surface area contributed by atoms with Crippen LogP contribution in [0.3, 0.4) is 0 Å². The van der Waals surface area contributed by atoms with Crippen LogP contribution in [-0.2, 0) is 26.1 Å². The zero-order valence-electron chi connectivity index (χ0n) is 15.0. The Morgan fingerprint density at radius 2 is 1.92 bits per heavy atom. The second kappa shape index (κ2) is 9.74. The lowest BCUT2D eigenvalue weighted by Gasteiger charge is -2.13. The molecule has 0 atom stereocenters. The van der Waals surface area contributed by atoms with Crippen LogP contribution in [0.15, 0.2) is 29.3 Å². The third-order valence-electron chi connectivity index (χ3n) is 4.53. The predicted octanol–water partition coefficient (Wildman–Crippen LogP) is 2.80. The van der Waals surface area contributed by atoms with Gasteiger partial charge in [-0.05, 0) is 30.9 Å². The second-order valence-corrected chi connectivity index (χ2v) is 6.20. The highest BCUT2D eigenvalue weighted by molar-refractivity contribution is 14.0. The van der Waals surface area contributed by atoms with Gasteiger partial charge in [0.05, 0.1) is 6.54 Å². The number of rotatable bonds is 4. The molecule has 0 saturated carbocycles. The minimum Gasteiger partial charge on any atom is -0.352 e. The zero-order chi connectivity index (χ0) is 16.8. The maximum absolute atomic E-state index is 4.35. The summed E-state index contributed by atoms with van der Waals surface area (Å²) in [6, 6.07) is 8.38. The topological polar surface area (TPSA) is 67.1 Å². The summed E-state index contributed by atoms with van der Waals surface area (Å²) >= 11 is 0. The monoisotopic (exact) mass is 454 g/mol. The predicted molar refractivity (Wildman–Crippen MR) is 111 cm³/mol. The van der Waals surface area contributed by atoms with E-state index >= 15 is 0 Å². The third-order valence-corrected chi connectivity index (χ3v) is 4.53. The molecule has 0 amide bonds. The number of guanidine groups is 1. The van der Waals surface area contributed by atoms with E-state index in [2.05, 4.69) is 61.6 Å². The lowest BCUT2D eigenvalue weighted by atomic mass is 10.1. The molecule has 0 fully saturated rings. The summed E-state index contributed by atoms with van der Waals surface area (Å²) in [6.45, 7) is 4.54. The van der Waals surface area contributed by atoms with Crippen molar-refractivity contribution in [3.05, 3.63) is 47.0 Å². The van der Waals surface area contributed by atoms with Gasteiger partial charge in [0.1, 0.15) is 5.82 Å². The minimum atomic E-state index is 0. The van der Waals surface area contributed by atoms with Gasteiger partial charge in [0.2, 0.25) is 0 Å². The van der Waals surface area contributed by atoms with Gasteiger partial charge in [-0.15, -0.1) is 34.2 Å². The molecule has 1 aromatic carbocycles. The molecule has 0 spiro atoms. The molecule has 0 aliphatic carbocycles. The van der Waals surface area contributed by atoms with Crippen LogP contribution in [0.1, 0.15) is 42.0 Å². The number of halogens is 1. The first-order chi connectivity index (χ1) is 11.8. The fourth-order valence-corrected chi connectivity index (χ4v) is 3.05. The number of nitrogens with zero attached hydrogens (tertiary/aromatic N) is 4. The summed E-state index contributed by atoms with van der Waals surface area (Å²) in [6.07, 6.45) is 4.73. The van der Waals surface area contributed by atoms with Gasteiger partial charge in [0.15, 0.2) is 11.8 Å². The SMILES string of the molecule is CN=C(NCc1ccccc1C)NCc1nnc2n1CCCCC2.I. The smallest absolute Gasteiger partial charge is 0.191 e. The average molecular weight is 454 g/mol. The van der Waals surface area contributed by atoms with Crippen molar-refractivity contribution < 1.29 is 0 Å². The summed E-state index contributed by atoms with van der Waals surface area (Å²) in [5.41, 5.74) is 2.56. The molecule has 6 nitrogen and oxygen atoms in total. The van der Waals surface area contributed by atoms with E-state index in [0.29, 0.717) is 6.54 Å². The van der Waals surface area contributed by atoms with Crippen LogP contribution in [0.4, 0.5) is 0 Å². The lowest BCUT2D eigenvalue weighted by Crippen LogP contribution is -2.37. The van der Waals surface area contributed by atoms with E-state index in [4.69, 9.17) is 0 Å². The first-order valence-electron chi connectivity index (χ1n) is 8.68. The van der Waals surface area contributed by atoms with Gasteiger partial charge >= 0.3 is 0 Å². The summed E-state index contributed by atoms with van der Waals surface area (Å²) in [7, 11) is 1.79. The number of fused-ring (bicyclic) bond motifs is 1. The zero-order valence-corrected chi connectivity index (χ0v) is 17.3. The van der Waals surface area contributed by atoms with E-state index in [1.165, 1.54) is 30.4 Å². The number of hydrogen-bond acceptors (Lipinski definition) is 3. The molecule has 3 rings (SSSR count). The van der Waals surface area contributed by atoms with Crippen LogP contribution in [0.5, 0.6) is 0 Å². The quantitative estimate of drug-likeness (QED) is 0.424. The van der Waals surface area contributed by atoms with E-state index in [1.54, 1.807) is 7.05 Å². The van der Waals surface area contributed by atoms with Gasteiger partial charge in [-0.2, -0.15) is 0 Å². The number of benzene rings is 1. The van der Waals surface area contributed by atoms with Crippen molar-refractivity contribution in [1.29, 1.82) is 0 Å². The van der Waals surface area contributed by atoms with Crippen molar-refractivity contribution in [2.45, 2.75) is 52.2 Å². The lowest BCUT2D eigenvalue weighted by molar-refractivity contribution is 0.596. The van der Waals surface area contributed by atoms with Crippen LogP contribution in [0, 0.1) is 6.92 Å². The molecule has 1 aliphatic rings. The first kappa shape index (κ1) is 19.7. The molecular weight excluding hydrogens is 427 g/mol. The molecule has 0 bridgehead atoms. The van der Waals surface area contributed by atoms with Crippen LogP contribution < -0.4 is 10.6 Å². The van der Waals surface area contributed by atoms with Crippen LogP contribution in [0.2, 0.25) is 0 Å². The Bertz CT molecular complexity index is 709. The Labute approximate surface area is 166 Å². The molecule has 1 aromatic heterocycles. The molecule has 0 saturated heterocycles. The third kappa shape index (κ3) is 5.17. The highest BCUT2D eigenvalue weighted by atomic mass is 127. The van der Waals surface area contributed by atoms with Crippen LogP contribution >= 0.6 is 24.0 Å². The van der Waals surface area contributed by atoms with Gasteiger partial charge in [0, 0.05) is 26.6 Å². The number of aliphatic imine (C=N–C) groups is 1. The highest BCUT2D eigenvalue weighted by Crippen LogP contribution is 2.14. The molecule has 0 radical (unpaired) electrons. The van der Waals surface area contributed by atoms with E-state index in [1.807, 2.05) is 0 Å². The number of aryl methyl sites for hydroxylation is 2. The maximum Gasteiger partial charge on any atom is 0.191 e. The van der Waals surface area contributed by atoms with Crippen molar-refractivity contribution in [3.63, 3.8) is 0 Å². The Hall–Kier alpha value is -1.64. The molecule has 7 heteroatoms. The number of nitrogens with one attached hydrogen (secondary N) is 2. The number of hydrogen-bond donors (Lipinski definition) is 2. The van der Waals surface area contributed by atoms with Gasteiger partial charge in [-0.1, -0.05) is 30.7 Å². The fraction of sp³-hybridized carbons (Fsp3) is 0.500. The van der Waals surface area contributed by atoms with E-state index in [9.17, 15) is 0 Å². The summed E-state index contributed by atoms with van der Waals surface area (Å²) in [5, 5.41) is 15.4. The molecule has 0 unspecified atom stereocenters. The Kier molecular flexibility index (Phi) is 7.67. The van der Waals surface area contributed by atoms with Crippen LogP contribution in [0.25, 0.3) is 0 Å². The summed E-state index contributed by atoms with van der Waals surface area (Å²) < 4.78 is 2.26. The Balaban J connectivity index is 0.00000225. The first-order valence-corrected chi connectivity index (χ1v) is 8.68. The van der Waals surface area contributed by atoms with Crippen molar-refractivity contribution >= 4 is 29.9 Å². The molecule has 2 N–H and O–H groups in total. The van der Waals surface area contributed by atoms with Crippen LogP contribution in [-0.4, -0.2) is 27.8 Å².